The van der Waals surface area contributed by atoms with Gasteiger partial charge in [0.25, 0.3) is 0 Å². The Labute approximate surface area is 150 Å². The van der Waals surface area contributed by atoms with Gasteiger partial charge >= 0.3 is 151 Å². The van der Waals surface area contributed by atoms with E-state index in [1.54, 1.807) is 0 Å². The molecule has 23 heavy (non-hydrogen) atoms. The van der Waals surface area contributed by atoms with Crippen molar-refractivity contribution in [2.24, 2.45) is 0 Å². The first-order valence-corrected chi connectivity index (χ1v) is 18.0. The maximum atomic E-state index is 9.67. The Kier molecular flexibility index (Phi) is 14.4. The summed E-state index contributed by atoms with van der Waals surface area (Å²) in [5, 5.41) is 9.67. The third kappa shape index (κ3) is 9.69. The van der Waals surface area contributed by atoms with Crippen molar-refractivity contribution in [3.8, 4) is 0 Å². The third-order valence-electron chi connectivity index (χ3n) is 5.21. The molecule has 0 radical (unpaired) electrons. The molecule has 0 saturated heterocycles. The predicted octanol–water partition coefficient (Wildman–Crippen LogP) is 6.33. The van der Waals surface area contributed by atoms with Crippen LogP contribution < -0.4 is 0 Å². The van der Waals surface area contributed by atoms with Crippen molar-refractivity contribution in [2.45, 2.75) is 123 Å². The number of ether oxygens (including phenoxy) is 1. The molecule has 0 bridgehead atoms. The van der Waals surface area contributed by atoms with Crippen molar-refractivity contribution in [1.82, 2.24) is 0 Å². The molecule has 0 saturated carbocycles. The molecule has 0 rings (SSSR count). The van der Waals surface area contributed by atoms with Gasteiger partial charge < -0.3 is 0 Å². The zero-order valence-electron chi connectivity index (χ0n) is 16.9. The Morgan fingerprint density at radius 1 is 0.826 bits per heavy atom. The number of unbranched alkanes of at least 4 members (excludes halogenated alkanes) is 3. The van der Waals surface area contributed by atoms with E-state index in [9.17, 15) is 5.11 Å². The molecule has 3 heteroatoms. The van der Waals surface area contributed by atoms with Crippen LogP contribution in [0.2, 0.25) is 13.3 Å². The SMILES string of the molecule is CCC[CH2][Sn]([CH2]CCC)([CH2]CCC)[C@@H](CC)O[C@H](C)C[C@@H](C)O. The van der Waals surface area contributed by atoms with Crippen molar-refractivity contribution < 1.29 is 9.84 Å². The zero-order chi connectivity index (χ0) is 17.7. The molecule has 0 aliphatic rings. The average molecular weight is 435 g/mol. The van der Waals surface area contributed by atoms with Crippen LogP contribution in [0.15, 0.2) is 0 Å². The van der Waals surface area contributed by atoms with Crippen LogP contribution in [0.4, 0.5) is 0 Å². The van der Waals surface area contributed by atoms with Gasteiger partial charge in [-0.3, -0.25) is 0 Å². The molecule has 2 nitrogen and oxygen atoms in total. The molecule has 0 aliphatic heterocycles. The van der Waals surface area contributed by atoms with Crippen LogP contribution in [0.1, 0.15) is 92.9 Å². The van der Waals surface area contributed by atoms with Crippen molar-refractivity contribution >= 4 is 18.4 Å². The number of hydrogen-bond donors (Lipinski definition) is 1. The quantitative estimate of drug-likeness (QED) is 0.305. The first kappa shape index (κ1) is 23.7. The Morgan fingerprint density at radius 2 is 1.26 bits per heavy atom. The van der Waals surface area contributed by atoms with E-state index in [4.69, 9.17) is 4.74 Å². The van der Waals surface area contributed by atoms with Crippen LogP contribution in [0.3, 0.4) is 0 Å². The second-order valence-corrected chi connectivity index (χ2v) is 21.5. The van der Waals surface area contributed by atoms with Crippen LogP contribution in [-0.2, 0) is 4.74 Å². The van der Waals surface area contributed by atoms with Gasteiger partial charge in [0.05, 0.1) is 0 Å². The molecule has 0 unspecified atom stereocenters. The fourth-order valence-electron chi connectivity index (χ4n) is 3.93. The Balaban J connectivity index is 5.16. The standard InChI is InChI=1S/C8H17O2.3C4H9.Sn/c1-4-5-10-8(3)6-7(2)9;3*1-3-4-2;/h5,7-9H,4,6H2,1-3H3;3*1,3-4H2,2H3;/t7-,8-;;;;/m1..../s1. The van der Waals surface area contributed by atoms with E-state index in [0.29, 0.717) is 4.12 Å². The monoisotopic (exact) mass is 436 g/mol. The van der Waals surface area contributed by atoms with Gasteiger partial charge in [-0.15, -0.1) is 0 Å². The van der Waals surface area contributed by atoms with Gasteiger partial charge in [0.1, 0.15) is 0 Å². The van der Waals surface area contributed by atoms with E-state index < -0.39 is 18.4 Å². The second-order valence-electron chi connectivity index (χ2n) is 7.60. The molecular weight excluding hydrogens is 391 g/mol. The summed E-state index contributed by atoms with van der Waals surface area (Å²) >= 11 is -2.30. The van der Waals surface area contributed by atoms with Gasteiger partial charge in [-0.1, -0.05) is 0 Å². The molecule has 140 valence electrons. The van der Waals surface area contributed by atoms with Crippen LogP contribution in [0.25, 0.3) is 0 Å². The summed E-state index contributed by atoms with van der Waals surface area (Å²) < 4.78 is 11.7. The van der Waals surface area contributed by atoms with Gasteiger partial charge in [0.15, 0.2) is 0 Å². The zero-order valence-corrected chi connectivity index (χ0v) is 19.7. The Bertz CT molecular complexity index is 247. The summed E-state index contributed by atoms with van der Waals surface area (Å²) in [6.45, 7) is 13.3. The van der Waals surface area contributed by atoms with Gasteiger partial charge in [-0.2, -0.15) is 0 Å². The molecule has 0 aromatic rings. The second kappa shape index (κ2) is 13.9. The fourth-order valence-corrected chi connectivity index (χ4v) is 21.8. The topological polar surface area (TPSA) is 29.5 Å². The van der Waals surface area contributed by atoms with E-state index in [1.165, 1.54) is 58.3 Å². The maximum absolute atomic E-state index is 9.67. The molecule has 0 amide bonds. The summed E-state index contributed by atoms with van der Waals surface area (Å²) in [4.78, 5) is 0. The number of rotatable bonds is 15. The van der Waals surface area contributed by atoms with E-state index in [2.05, 4.69) is 34.6 Å². The molecule has 0 fully saturated rings. The third-order valence-corrected chi connectivity index (χ3v) is 22.2. The van der Waals surface area contributed by atoms with E-state index in [-0.39, 0.29) is 12.2 Å². The Morgan fingerprint density at radius 3 is 1.57 bits per heavy atom. The van der Waals surface area contributed by atoms with E-state index in [0.717, 1.165) is 6.42 Å². The first-order valence-electron chi connectivity index (χ1n) is 10.3. The van der Waals surface area contributed by atoms with Crippen molar-refractivity contribution in [3.05, 3.63) is 0 Å². The summed E-state index contributed by atoms with van der Waals surface area (Å²) in [7, 11) is 0. The molecule has 3 atom stereocenters. The van der Waals surface area contributed by atoms with Crippen molar-refractivity contribution in [2.75, 3.05) is 0 Å². The number of aliphatic hydroxyl groups excluding tert-OH is 1. The van der Waals surface area contributed by atoms with Gasteiger partial charge in [-0.05, 0) is 0 Å². The van der Waals surface area contributed by atoms with Crippen molar-refractivity contribution in [1.29, 1.82) is 0 Å². The first-order chi connectivity index (χ1) is 11.0. The number of aliphatic hydroxyl groups is 1. The fraction of sp³-hybridized carbons (Fsp3) is 1.00. The van der Waals surface area contributed by atoms with Gasteiger partial charge in [-0.25, -0.2) is 0 Å². The molecule has 0 aromatic heterocycles. The molecule has 0 aliphatic carbocycles. The molecular formula is C20H44O2Sn. The normalized spacial score (nSPS) is 16.3. The van der Waals surface area contributed by atoms with E-state index in [1.807, 2.05) is 6.92 Å². The van der Waals surface area contributed by atoms with E-state index >= 15 is 0 Å². The van der Waals surface area contributed by atoms with Gasteiger partial charge in [0, 0.05) is 0 Å². The molecule has 0 heterocycles. The summed E-state index contributed by atoms with van der Waals surface area (Å²) in [5.74, 6) is 0. The summed E-state index contributed by atoms with van der Waals surface area (Å²) in [6, 6.07) is 0. The predicted molar refractivity (Wildman–Crippen MR) is 106 cm³/mol. The number of hydrogen-bond acceptors (Lipinski definition) is 2. The van der Waals surface area contributed by atoms with Crippen LogP contribution >= 0.6 is 0 Å². The average Bonchev–Trinajstić information content (AvgIpc) is 2.52. The van der Waals surface area contributed by atoms with Crippen molar-refractivity contribution in [3.63, 3.8) is 0 Å². The molecule has 1 N–H and O–H groups in total. The molecule has 0 aromatic carbocycles. The van der Waals surface area contributed by atoms with Crippen LogP contribution in [0.5, 0.6) is 0 Å². The minimum atomic E-state index is -2.30. The van der Waals surface area contributed by atoms with Crippen LogP contribution in [0, 0.1) is 0 Å². The Hall–Kier alpha value is 0.719. The summed E-state index contributed by atoms with van der Waals surface area (Å²) in [6.07, 6.45) is 10.0. The summed E-state index contributed by atoms with van der Waals surface area (Å²) in [5.41, 5.74) is 0. The van der Waals surface area contributed by atoms with Gasteiger partial charge in [0.2, 0.25) is 0 Å². The minimum absolute atomic E-state index is 0.195. The molecule has 0 spiro atoms. The van der Waals surface area contributed by atoms with Crippen LogP contribution in [-0.4, -0.2) is 39.8 Å².